The van der Waals surface area contributed by atoms with Gasteiger partial charge in [-0.1, -0.05) is 31.2 Å². The Kier molecular flexibility index (Phi) is 11.4. The Hall–Kier alpha value is -2.12. The highest BCUT2D eigenvalue weighted by Gasteiger charge is 2.16. The van der Waals surface area contributed by atoms with Gasteiger partial charge in [0.2, 0.25) is 5.91 Å². The summed E-state index contributed by atoms with van der Waals surface area (Å²) < 4.78 is 0. The number of carbonyl (C=O) groups is 1. The molecule has 0 bridgehead atoms. The summed E-state index contributed by atoms with van der Waals surface area (Å²) in [6.07, 6.45) is 0.479. The molecule has 7 heteroatoms. The summed E-state index contributed by atoms with van der Waals surface area (Å²) in [6.45, 7) is 18.5. The number of benzene rings is 1. The second kappa shape index (κ2) is 14.0. The van der Waals surface area contributed by atoms with Gasteiger partial charge >= 0.3 is 0 Å². The molecule has 1 saturated heterocycles. The van der Waals surface area contributed by atoms with Crippen molar-refractivity contribution in [3.05, 3.63) is 35.4 Å². The lowest BCUT2D eigenvalue weighted by molar-refractivity contribution is -0.130. The van der Waals surface area contributed by atoms with Crippen LogP contribution in [-0.4, -0.2) is 85.5 Å². The zero-order chi connectivity index (χ0) is 22.5. The number of aliphatic imine (C=N–C) groups is 1. The number of hydrogen-bond acceptors (Lipinski definition) is 4. The Balaban J connectivity index is 1.92. The Morgan fingerprint density at radius 3 is 2.23 bits per heavy atom. The molecule has 0 saturated carbocycles. The molecule has 0 aliphatic carbocycles. The zero-order valence-electron chi connectivity index (χ0n) is 20.0. The monoisotopic (exact) mass is 430 g/mol. The van der Waals surface area contributed by atoms with E-state index in [0.29, 0.717) is 19.5 Å². The molecule has 2 N–H and O–H groups in total. The maximum atomic E-state index is 12.2. The van der Waals surface area contributed by atoms with Gasteiger partial charge in [0.05, 0.1) is 6.54 Å². The van der Waals surface area contributed by atoms with Crippen LogP contribution in [0.5, 0.6) is 0 Å². The van der Waals surface area contributed by atoms with E-state index in [4.69, 9.17) is 4.99 Å². The number of nitrogens with zero attached hydrogens (tertiary/aromatic N) is 4. The molecule has 0 aromatic heterocycles. The van der Waals surface area contributed by atoms with Crippen LogP contribution in [0.25, 0.3) is 0 Å². The fourth-order valence-electron chi connectivity index (χ4n) is 3.90. The summed E-state index contributed by atoms with van der Waals surface area (Å²) in [7, 11) is 0. The third kappa shape index (κ3) is 8.50. The van der Waals surface area contributed by atoms with E-state index in [2.05, 4.69) is 58.5 Å². The molecular weight excluding hydrogens is 388 g/mol. The van der Waals surface area contributed by atoms with Crippen LogP contribution in [-0.2, 0) is 17.9 Å². The Bertz CT molecular complexity index is 680. The molecule has 0 spiro atoms. The van der Waals surface area contributed by atoms with Gasteiger partial charge in [0.15, 0.2) is 5.96 Å². The standard InChI is InChI=1S/C24H42N6O/c1-5-25-24(26-14-13-23(31)30(7-3)8-4)27-19-21-11-9-10-12-22(21)20-29-17-15-28(6-2)16-18-29/h9-12H,5-8,13-20H2,1-4H3,(H2,25,26,27). The third-order valence-corrected chi connectivity index (χ3v) is 5.92. The van der Waals surface area contributed by atoms with Crippen LogP contribution in [0, 0.1) is 0 Å². The van der Waals surface area contributed by atoms with Crippen LogP contribution in [0.3, 0.4) is 0 Å². The van der Waals surface area contributed by atoms with Crippen LogP contribution >= 0.6 is 0 Å². The van der Waals surface area contributed by atoms with Gasteiger partial charge in [-0.25, -0.2) is 4.99 Å². The van der Waals surface area contributed by atoms with Crippen LogP contribution < -0.4 is 10.6 Å². The van der Waals surface area contributed by atoms with Gasteiger partial charge in [0, 0.05) is 65.3 Å². The number of nitrogens with one attached hydrogen (secondary N) is 2. The molecule has 1 heterocycles. The predicted molar refractivity (Wildman–Crippen MR) is 129 cm³/mol. The van der Waals surface area contributed by atoms with Crippen molar-refractivity contribution < 1.29 is 4.79 Å². The summed E-state index contributed by atoms with van der Waals surface area (Å²) in [4.78, 5) is 23.9. The Labute approximate surface area is 188 Å². The normalized spacial score (nSPS) is 15.7. The van der Waals surface area contributed by atoms with E-state index >= 15 is 0 Å². The molecule has 1 fully saturated rings. The average molecular weight is 431 g/mol. The van der Waals surface area contributed by atoms with E-state index < -0.39 is 0 Å². The van der Waals surface area contributed by atoms with E-state index in [-0.39, 0.29) is 5.91 Å². The zero-order valence-corrected chi connectivity index (χ0v) is 20.0. The highest BCUT2D eigenvalue weighted by Crippen LogP contribution is 2.14. The first kappa shape index (κ1) is 25.1. The first-order valence-corrected chi connectivity index (χ1v) is 11.9. The van der Waals surface area contributed by atoms with Crippen LogP contribution in [0.4, 0.5) is 0 Å². The molecule has 0 radical (unpaired) electrons. The lowest BCUT2D eigenvalue weighted by Gasteiger charge is -2.34. The van der Waals surface area contributed by atoms with E-state index in [1.165, 1.54) is 11.1 Å². The highest BCUT2D eigenvalue weighted by atomic mass is 16.2. The molecule has 1 amide bonds. The smallest absolute Gasteiger partial charge is 0.224 e. The quantitative estimate of drug-likeness (QED) is 0.416. The van der Waals surface area contributed by atoms with Gasteiger partial charge in [-0.3, -0.25) is 9.69 Å². The molecule has 0 unspecified atom stereocenters. The van der Waals surface area contributed by atoms with Crippen molar-refractivity contribution in [3.8, 4) is 0 Å². The topological polar surface area (TPSA) is 63.2 Å². The average Bonchev–Trinajstić information content (AvgIpc) is 2.79. The SMILES string of the molecule is CCNC(=NCc1ccccc1CN1CCN(CC)CC1)NCCC(=O)N(CC)CC. The van der Waals surface area contributed by atoms with E-state index in [1.54, 1.807) is 0 Å². The summed E-state index contributed by atoms with van der Waals surface area (Å²) in [6, 6.07) is 8.61. The Morgan fingerprint density at radius 1 is 0.968 bits per heavy atom. The van der Waals surface area contributed by atoms with E-state index in [9.17, 15) is 4.79 Å². The second-order valence-electron chi connectivity index (χ2n) is 7.92. The minimum Gasteiger partial charge on any atom is -0.357 e. The van der Waals surface area contributed by atoms with Gasteiger partial charge in [-0.15, -0.1) is 0 Å². The van der Waals surface area contributed by atoms with Gasteiger partial charge in [0.1, 0.15) is 0 Å². The fraction of sp³-hybridized carbons (Fsp3) is 0.667. The first-order chi connectivity index (χ1) is 15.1. The molecule has 2 rings (SSSR count). The van der Waals surface area contributed by atoms with Crippen molar-refractivity contribution in [2.45, 2.75) is 47.2 Å². The minimum atomic E-state index is 0.182. The Morgan fingerprint density at radius 2 is 1.61 bits per heavy atom. The number of likely N-dealkylation sites (N-methyl/N-ethyl adjacent to an activating group) is 1. The molecule has 1 aromatic carbocycles. The van der Waals surface area contributed by atoms with Gasteiger partial charge < -0.3 is 20.4 Å². The minimum absolute atomic E-state index is 0.182. The summed E-state index contributed by atoms with van der Waals surface area (Å²) in [5, 5.41) is 6.61. The molecule has 7 nitrogen and oxygen atoms in total. The van der Waals surface area contributed by atoms with Gasteiger partial charge in [-0.05, 0) is 38.4 Å². The van der Waals surface area contributed by atoms with Crippen LogP contribution in [0.1, 0.15) is 45.2 Å². The summed E-state index contributed by atoms with van der Waals surface area (Å²) in [5.41, 5.74) is 2.61. The number of carbonyl (C=O) groups excluding carboxylic acids is 1. The molecule has 1 aromatic rings. The molecule has 31 heavy (non-hydrogen) atoms. The molecule has 1 aliphatic heterocycles. The molecule has 174 valence electrons. The largest absolute Gasteiger partial charge is 0.357 e. The lowest BCUT2D eigenvalue weighted by Crippen LogP contribution is -2.45. The number of amides is 1. The summed E-state index contributed by atoms with van der Waals surface area (Å²) >= 11 is 0. The van der Waals surface area contributed by atoms with Crippen molar-refractivity contribution >= 4 is 11.9 Å². The number of hydrogen-bond donors (Lipinski definition) is 2. The third-order valence-electron chi connectivity index (χ3n) is 5.92. The van der Waals surface area contributed by atoms with Crippen LogP contribution in [0.2, 0.25) is 0 Å². The maximum Gasteiger partial charge on any atom is 0.224 e. The van der Waals surface area contributed by atoms with Crippen molar-refractivity contribution in [1.29, 1.82) is 0 Å². The molecule has 0 atom stereocenters. The van der Waals surface area contributed by atoms with Crippen molar-refractivity contribution in [1.82, 2.24) is 25.3 Å². The highest BCUT2D eigenvalue weighted by molar-refractivity contribution is 5.81. The van der Waals surface area contributed by atoms with Gasteiger partial charge in [0.25, 0.3) is 0 Å². The maximum absolute atomic E-state index is 12.2. The number of guanidine groups is 1. The fourth-order valence-corrected chi connectivity index (χ4v) is 3.90. The van der Waals surface area contributed by atoms with E-state index in [1.807, 2.05) is 18.7 Å². The van der Waals surface area contributed by atoms with E-state index in [0.717, 1.165) is 64.9 Å². The molecular formula is C24H42N6O. The van der Waals surface area contributed by atoms with Gasteiger partial charge in [-0.2, -0.15) is 0 Å². The lowest BCUT2D eigenvalue weighted by atomic mass is 10.1. The number of rotatable bonds is 11. The summed E-state index contributed by atoms with van der Waals surface area (Å²) in [5.74, 6) is 0.947. The molecule has 1 aliphatic rings. The first-order valence-electron chi connectivity index (χ1n) is 11.9. The number of piperazine rings is 1. The second-order valence-corrected chi connectivity index (χ2v) is 7.92. The van der Waals surface area contributed by atoms with Crippen molar-refractivity contribution in [2.75, 3.05) is 58.9 Å². The van der Waals surface area contributed by atoms with Crippen molar-refractivity contribution in [2.24, 2.45) is 4.99 Å². The predicted octanol–water partition coefficient (Wildman–Crippen LogP) is 2.14. The van der Waals surface area contributed by atoms with Crippen LogP contribution in [0.15, 0.2) is 29.3 Å². The van der Waals surface area contributed by atoms with Crippen molar-refractivity contribution in [3.63, 3.8) is 0 Å².